The summed E-state index contributed by atoms with van der Waals surface area (Å²) in [6, 6.07) is 4.37. The lowest BCUT2D eigenvalue weighted by molar-refractivity contribution is 0.136. The molecule has 0 unspecified atom stereocenters. The number of ether oxygens (including phenoxy) is 1. The minimum Gasteiger partial charge on any atom is -0.380 e. The van der Waals surface area contributed by atoms with Crippen molar-refractivity contribution in [3.63, 3.8) is 0 Å². The molecule has 20 heavy (non-hydrogen) atoms. The summed E-state index contributed by atoms with van der Waals surface area (Å²) in [6.07, 6.45) is 3.41. The molecule has 0 aliphatic carbocycles. The highest BCUT2D eigenvalue weighted by molar-refractivity contribution is 7.11. The Morgan fingerprint density at radius 1 is 1.20 bits per heavy atom. The summed E-state index contributed by atoms with van der Waals surface area (Å²) in [5.74, 6) is 0.829. The maximum absolute atomic E-state index is 5.51. The number of guanidine groups is 1. The van der Waals surface area contributed by atoms with Gasteiger partial charge in [0.1, 0.15) is 0 Å². The lowest BCUT2D eigenvalue weighted by Crippen LogP contribution is -2.38. The van der Waals surface area contributed by atoms with Crippen LogP contribution in [0, 0.1) is 0 Å². The minimum atomic E-state index is 0.722. The number of thiophene rings is 1. The van der Waals surface area contributed by atoms with E-state index in [0.29, 0.717) is 0 Å². The van der Waals surface area contributed by atoms with Crippen LogP contribution in [0.1, 0.15) is 36.4 Å². The highest BCUT2D eigenvalue weighted by Crippen LogP contribution is 2.16. The number of aliphatic imine (C=N–C) groups is 1. The number of nitrogens with zero attached hydrogens (tertiary/aromatic N) is 1. The molecule has 0 atom stereocenters. The second-order valence-electron chi connectivity index (χ2n) is 4.54. The Morgan fingerprint density at radius 2 is 2.00 bits per heavy atom. The van der Waals surface area contributed by atoms with Crippen LogP contribution >= 0.6 is 11.3 Å². The number of unbranched alkanes of at least 4 members (excludes halogenated alkanes) is 1. The van der Waals surface area contributed by atoms with Crippen LogP contribution in [-0.4, -0.2) is 32.8 Å². The maximum atomic E-state index is 5.51. The normalized spacial score (nSPS) is 11.7. The minimum absolute atomic E-state index is 0.722. The fourth-order valence-electron chi connectivity index (χ4n) is 1.69. The first kappa shape index (κ1) is 17.0. The van der Waals surface area contributed by atoms with Gasteiger partial charge >= 0.3 is 0 Å². The highest BCUT2D eigenvalue weighted by Gasteiger charge is 2.01. The van der Waals surface area contributed by atoms with E-state index in [9.17, 15) is 0 Å². The molecule has 0 radical (unpaired) electrons. The number of rotatable bonds is 9. The molecule has 0 spiro atoms. The fourth-order valence-corrected chi connectivity index (χ4v) is 2.59. The molecule has 1 aromatic rings. The number of nitrogens with one attached hydrogen (secondary N) is 2. The monoisotopic (exact) mass is 297 g/mol. The topological polar surface area (TPSA) is 45.6 Å². The molecule has 0 saturated carbocycles. The van der Waals surface area contributed by atoms with Crippen molar-refractivity contribution < 1.29 is 4.74 Å². The van der Waals surface area contributed by atoms with E-state index in [1.807, 2.05) is 11.3 Å². The van der Waals surface area contributed by atoms with E-state index in [-0.39, 0.29) is 0 Å². The molecule has 0 aromatic carbocycles. The molecular weight excluding hydrogens is 270 g/mol. The van der Waals surface area contributed by atoms with Crippen LogP contribution in [0.25, 0.3) is 0 Å². The molecule has 114 valence electrons. The van der Waals surface area contributed by atoms with E-state index in [1.165, 1.54) is 16.2 Å². The maximum Gasteiger partial charge on any atom is 0.191 e. The first-order valence-electron chi connectivity index (χ1n) is 7.40. The van der Waals surface area contributed by atoms with Crippen molar-refractivity contribution >= 4 is 17.3 Å². The number of hydrogen-bond donors (Lipinski definition) is 2. The molecule has 0 amide bonds. The Morgan fingerprint density at radius 3 is 2.65 bits per heavy atom. The lowest BCUT2D eigenvalue weighted by Gasteiger charge is -2.11. The molecule has 0 aliphatic rings. The van der Waals surface area contributed by atoms with E-state index < -0.39 is 0 Å². The van der Waals surface area contributed by atoms with Gasteiger partial charge in [-0.25, -0.2) is 0 Å². The van der Waals surface area contributed by atoms with Gasteiger partial charge in [-0.05, 0) is 25.0 Å². The molecule has 5 heteroatoms. The van der Waals surface area contributed by atoms with Crippen LogP contribution < -0.4 is 10.6 Å². The van der Waals surface area contributed by atoms with Crippen LogP contribution in [0.2, 0.25) is 0 Å². The van der Waals surface area contributed by atoms with Gasteiger partial charge in [-0.1, -0.05) is 20.3 Å². The molecule has 1 aromatic heterocycles. The Kier molecular flexibility index (Phi) is 9.07. The molecule has 0 aliphatic heterocycles. The van der Waals surface area contributed by atoms with Crippen LogP contribution in [0.4, 0.5) is 0 Å². The van der Waals surface area contributed by atoms with E-state index >= 15 is 0 Å². The van der Waals surface area contributed by atoms with Crippen LogP contribution in [-0.2, 0) is 17.7 Å². The first-order chi connectivity index (χ1) is 9.80. The fraction of sp³-hybridized carbons (Fsp3) is 0.667. The third-order valence-corrected chi connectivity index (χ3v) is 4.13. The number of hydrogen-bond acceptors (Lipinski definition) is 3. The van der Waals surface area contributed by atoms with Gasteiger partial charge in [0.15, 0.2) is 5.96 Å². The quantitative estimate of drug-likeness (QED) is 0.418. The Labute approximate surface area is 126 Å². The van der Waals surface area contributed by atoms with Gasteiger partial charge in [0.2, 0.25) is 0 Å². The number of aryl methyl sites for hydroxylation is 1. The van der Waals surface area contributed by atoms with Crippen molar-refractivity contribution in [1.29, 1.82) is 0 Å². The summed E-state index contributed by atoms with van der Waals surface area (Å²) in [5.41, 5.74) is 0. The molecule has 0 fully saturated rings. The second-order valence-corrected chi connectivity index (χ2v) is 5.79. The van der Waals surface area contributed by atoms with Gasteiger partial charge < -0.3 is 15.4 Å². The highest BCUT2D eigenvalue weighted by atomic mass is 32.1. The molecule has 1 rings (SSSR count). The van der Waals surface area contributed by atoms with Gasteiger partial charge in [-0.15, -0.1) is 11.3 Å². The summed E-state index contributed by atoms with van der Waals surface area (Å²) in [5, 5.41) is 6.57. The summed E-state index contributed by atoms with van der Waals surface area (Å²) >= 11 is 1.85. The molecule has 1 heterocycles. The van der Waals surface area contributed by atoms with E-state index in [2.05, 4.69) is 41.6 Å². The summed E-state index contributed by atoms with van der Waals surface area (Å²) in [7, 11) is 1.79. The van der Waals surface area contributed by atoms with Crippen molar-refractivity contribution in [2.75, 3.05) is 26.8 Å². The zero-order chi connectivity index (χ0) is 14.6. The molecule has 0 bridgehead atoms. The molecule has 2 N–H and O–H groups in total. The average Bonchev–Trinajstić information content (AvgIpc) is 2.94. The summed E-state index contributed by atoms with van der Waals surface area (Å²) in [6.45, 7) is 7.53. The third kappa shape index (κ3) is 6.91. The zero-order valence-corrected chi connectivity index (χ0v) is 13.7. The van der Waals surface area contributed by atoms with Gasteiger partial charge in [-0.2, -0.15) is 0 Å². The van der Waals surface area contributed by atoms with Gasteiger partial charge in [-0.3, -0.25) is 4.99 Å². The zero-order valence-electron chi connectivity index (χ0n) is 12.9. The van der Waals surface area contributed by atoms with Gasteiger partial charge in [0.25, 0.3) is 0 Å². The van der Waals surface area contributed by atoms with Crippen LogP contribution in [0.5, 0.6) is 0 Å². The van der Waals surface area contributed by atoms with Crippen molar-refractivity contribution in [1.82, 2.24) is 10.6 Å². The molecule has 0 saturated heterocycles. The van der Waals surface area contributed by atoms with Crippen molar-refractivity contribution in [2.24, 2.45) is 4.99 Å². The second kappa shape index (κ2) is 10.7. The first-order valence-corrected chi connectivity index (χ1v) is 8.21. The van der Waals surface area contributed by atoms with E-state index in [1.54, 1.807) is 7.05 Å². The summed E-state index contributed by atoms with van der Waals surface area (Å²) < 4.78 is 5.51. The standard InChI is InChI=1S/C15H27N3OS/c1-4-6-10-19-11-9-17-15(16-3)18-12-14-8-7-13(5-2)20-14/h7-8H,4-6,9-12H2,1-3H3,(H2,16,17,18). The molecule has 4 nitrogen and oxygen atoms in total. The van der Waals surface area contributed by atoms with Crippen LogP contribution in [0.15, 0.2) is 17.1 Å². The van der Waals surface area contributed by atoms with Crippen LogP contribution in [0.3, 0.4) is 0 Å². The smallest absolute Gasteiger partial charge is 0.191 e. The largest absolute Gasteiger partial charge is 0.380 e. The van der Waals surface area contributed by atoms with Crippen molar-refractivity contribution in [3.8, 4) is 0 Å². The van der Waals surface area contributed by atoms with Gasteiger partial charge in [0.05, 0.1) is 13.2 Å². The Hall–Kier alpha value is -1.07. The Balaban J connectivity index is 2.16. The van der Waals surface area contributed by atoms with Crippen molar-refractivity contribution in [2.45, 2.75) is 39.7 Å². The predicted molar refractivity (Wildman–Crippen MR) is 87.6 cm³/mol. The van der Waals surface area contributed by atoms with Gasteiger partial charge in [0, 0.05) is 30.0 Å². The summed E-state index contributed by atoms with van der Waals surface area (Å²) in [4.78, 5) is 6.97. The SMILES string of the molecule is CCCCOCCNC(=NC)NCc1ccc(CC)s1. The van der Waals surface area contributed by atoms with E-state index in [4.69, 9.17) is 4.74 Å². The lowest BCUT2D eigenvalue weighted by atomic mass is 10.4. The Bertz CT molecular complexity index is 390. The average molecular weight is 297 g/mol. The van der Waals surface area contributed by atoms with Crippen molar-refractivity contribution in [3.05, 3.63) is 21.9 Å². The van der Waals surface area contributed by atoms with E-state index in [0.717, 1.165) is 45.1 Å². The predicted octanol–water partition coefficient (Wildman–Crippen LogP) is 2.79. The third-order valence-electron chi connectivity index (χ3n) is 2.90. The molecular formula is C15H27N3OS.